The molecule has 1 fully saturated rings. The van der Waals surface area contributed by atoms with Crippen molar-refractivity contribution in [1.82, 2.24) is 14.8 Å². The van der Waals surface area contributed by atoms with E-state index in [-0.39, 0.29) is 9.52 Å². The van der Waals surface area contributed by atoms with Gasteiger partial charge in [-0.3, -0.25) is 4.68 Å². The summed E-state index contributed by atoms with van der Waals surface area (Å²) in [6.45, 7) is 0.613. The smallest absolute Gasteiger partial charge is 0.212 e. The van der Waals surface area contributed by atoms with Crippen molar-refractivity contribution < 1.29 is 0 Å². The zero-order chi connectivity index (χ0) is 24.4. The van der Waals surface area contributed by atoms with Gasteiger partial charge in [-0.2, -0.15) is 5.10 Å². The van der Waals surface area contributed by atoms with Crippen LogP contribution in [-0.2, 0) is 6.17 Å². The standard InChI is InChI=1S/C16H17N3Si.C15H15B/c1-3-7-14(8-4-1)16(15-9-5-2-6-10-15)20-13-19-12-17-11-18-19;1-3-7-13(8-4-1)16(15-11-12-15)14-9-5-2-6-10-14/h1-12,16H,13,20H2;1-10,15H,11-12H2. The predicted octanol–water partition coefficient (Wildman–Crippen LogP) is 4.65. The largest absolute Gasteiger partial charge is 0.257 e. The quantitative estimate of drug-likeness (QED) is 0.300. The van der Waals surface area contributed by atoms with Gasteiger partial charge in [0.05, 0.1) is 9.52 Å². The van der Waals surface area contributed by atoms with Crippen LogP contribution in [-0.4, -0.2) is 31.0 Å². The average molecular weight is 486 g/mol. The number of hydrogen-bond acceptors (Lipinski definition) is 2. The molecule has 6 rings (SSSR count). The lowest BCUT2D eigenvalue weighted by Crippen LogP contribution is -2.42. The van der Waals surface area contributed by atoms with Gasteiger partial charge in [-0.1, -0.05) is 151 Å². The highest BCUT2D eigenvalue weighted by molar-refractivity contribution is 6.86. The lowest BCUT2D eigenvalue weighted by atomic mass is 9.37. The van der Waals surface area contributed by atoms with Crippen molar-refractivity contribution in [1.29, 1.82) is 0 Å². The third-order valence-electron chi connectivity index (χ3n) is 6.93. The van der Waals surface area contributed by atoms with Crippen LogP contribution in [0.2, 0.25) is 5.82 Å². The molecule has 1 saturated carbocycles. The summed E-state index contributed by atoms with van der Waals surface area (Å²) in [5.74, 6) is 0.866. The van der Waals surface area contributed by atoms with Gasteiger partial charge in [0.15, 0.2) is 0 Å². The molecule has 1 aromatic heterocycles. The molecule has 0 radical (unpaired) electrons. The predicted molar refractivity (Wildman–Crippen MR) is 154 cm³/mol. The summed E-state index contributed by atoms with van der Waals surface area (Å²) in [6, 6.07) is 43.4. The Hall–Kier alpha value is -3.70. The number of hydrogen-bond donors (Lipinski definition) is 0. The number of nitrogens with zero attached hydrogens (tertiary/aromatic N) is 3. The Bertz CT molecular complexity index is 1200. The van der Waals surface area contributed by atoms with Crippen molar-refractivity contribution in [2.75, 3.05) is 0 Å². The van der Waals surface area contributed by atoms with Gasteiger partial charge >= 0.3 is 0 Å². The highest BCUT2D eigenvalue weighted by Gasteiger charge is 2.36. The SMILES string of the molecule is c1ccc(B(c2ccccc2)C2CC2)cc1.c1ccc(C([SiH2]Cn2cncn2)c2ccccc2)cc1. The molecule has 4 aromatic carbocycles. The summed E-state index contributed by atoms with van der Waals surface area (Å²) in [7, 11) is -0.380. The summed E-state index contributed by atoms with van der Waals surface area (Å²) < 4.78 is 1.95. The fourth-order valence-electron chi connectivity index (χ4n) is 4.99. The van der Waals surface area contributed by atoms with Crippen molar-refractivity contribution in [3.05, 3.63) is 145 Å². The van der Waals surface area contributed by atoms with Crippen LogP contribution in [0.5, 0.6) is 0 Å². The summed E-state index contributed by atoms with van der Waals surface area (Å²) in [5, 5.41) is 4.22. The Balaban J connectivity index is 0.000000152. The Kier molecular flexibility index (Phi) is 8.22. The van der Waals surface area contributed by atoms with Crippen molar-refractivity contribution in [3.8, 4) is 0 Å². The van der Waals surface area contributed by atoms with Crippen molar-refractivity contribution in [2.45, 2.75) is 30.4 Å². The molecule has 1 heterocycles. The zero-order valence-corrected chi connectivity index (χ0v) is 22.0. The first-order valence-corrected chi connectivity index (χ1v) is 14.7. The van der Waals surface area contributed by atoms with Gasteiger partial charge < -0.3 is 0 Å². The molecule has 0 unspecified atom stereocenters. The fourth-order valence-corrected chi connectivity index (χ4v) is 6.96. The van der Waals surface area contributed by atoms with Crippen LogP contribution in [0.15, 0.2) is 134 Å². The topological polar surface area (TPSA) is 30.7 Å². The number of aromatic nitrogens is 3. The third kappa shape index (κ3) is 6.49. The van der Waals surface area contributed by atoms with Crippen LogP contribution in [0.4, 0.5) is 0 Å². The van der Waals surface area contributed by atoms with E-state index in [1.165, 1.54) is 34.9 Å². The second-order valence-electron chi connectivity index (χ2n) is 9.46. The fraction of sp³-hybridized carbons (Fsp3) is 0.161. The summed E-state index contributed by atoms with van der Waals surface area (Å²) in [6.07, 6.45) is 7.19. The Morgan fingerprint density at radius 2 is 1.17 bits per heavy atom. The van der Waals surface area contributed by atoms with Crippen molar-refractivity contribution >= 4 is 27.2 Å². The molecule has 0 aliphatic heterocycles. The van der Waals surface area contributed by atoms with E-state index in [1.807, 2.05) is 4.68 Å². The van der Waals surface area contributed by atoms with Crippen LogP contribution < -0.4 is 10.9 Å². The molecule has 5 aromatic rings. The minimum absolute atomic E-state index is 0.380. The molecule has 0 saturated heterocycles. The summed E-state index contributed by atoms with van der Waals surface area (Å²) >= 11 is 0. The van der Waals surface area contributed by atoms with Crippen molar-refractivity contribution in [3.63, 3.8) is 0 Å². The van der Waals surface area contributed by atoms with E-state index in [1.54, 1.807) is 12.7 Å². The molecule has 36 heavy (non-hydrogen) atoms. The first-order valence-electron chi connectivity index (χ1n) is 12.9. The van der Waals surface area contributed by atoms with Crippen LogP contribution in [0.3, 0.4) is 0 Å². The van der Waals surface area contributed by atoms with Crippen LogP contribution in [0.25, 0.3) is 0 Å². The Morgan fingerprint density at radius 3 is 1.58 bits per heavy atom. The van der Waals surface area contributed by atoms with Crippen molar-refractivity contribution in [2.24, 2.45) is 0 Å². The van der Waals surface area contributed by atoms with E-state index in [4.69, 9.17) is 0 Å². The maximum absolute atomic E-state index is 4.22. The molecular formula is C31H32BN3Si. The molecule has 178 valence electrons. The van der Waals surface area contributed by atoms with Gasteiger partial charge in [-0.15, -0.1) is 0 Å². The molecular weight excluding hydrogens is 453 g/mol. The van der Waals surface area contributed by atoms with E-state index >= 15 is 0 Å². The lowest BCUT2D eigenvalue weighted by Gasteiger charge is -2.17. The summed E-state index contributed by atoms with van der Waals surface area (Å²) in [4.78, 5) is 4.02. The average Bonchev–Trinajstić information content (AvgIpc) is 3.64. The number of rotatable bonds is 8. The Morgan fingerprint density at radius 1 is 0.694 bits per heavy atom. The van der Waals surface area contributed by atoms with Crippen LogP contribution in [0.1, 0.15) is 29.5 Å². The van der Waals surface area contributed by atoms with Gasteiger partial charge in [0.2, 0.25) is 6.71 Å². The van der Waals surface area contributed by atoms with Crippen LogP contribution >= 0.6 is 0 Å². The van der Waals surface area contributed by atoms with Crippen LogP contribution in [0, 0.1) is 0 Å². The molecule has 0 N–H and O–H groups in total. The van der Waals surface area contributed by atoms with Gasteiger partial charge in [0, 0.05) is 6.17 Å². The third-order valence-corrected chi connectivity index (χ3v) is 9.16. The molecule has 0 bridgehead atoms. The molecule has 3 nitrogen and oxygen atoms in total. The minimum atomic E-state index is -0.380. The Labute approximate surface area is 217 Å². The summed E-state index contributed by atoms with van der Waals surface area (Å²) in [5.41, 5.74) is 6.28. The van der Waals surface area contributed by atoms with Gasteiger partial charge in [0.25, 0.3) is 0 Å². The zero-order valence-electron chi connectivity index (χ0n) is 20.6. The van der Waals surface area contributed by atoms with Gasteiger partial charge in [-0.05, 0) is 16.7 Å². The molecule has 0 spiro atoms. The minimum Gasteiger partial charge on any atom is -0.257 e. The lowest BCUT2D eigenvalue weighted by molar-refractivity contribution is 0.730. The first-order chi connectivity index (χ1) is 17.9. The van der Waals surface area contributed by atoms with E-state index in [0.717, 1.165) is 12.0 Å². The maximum Gasteiger partial charge on any atom is 0.212 e. The van der Waals surface area contributed by atoms with Gasteiger partial charge in [0.1, 0.15) is 12.7 Å². The first kappa shape index (κ1) is 24.0. The highest BCUT2D eigenvalue weighted by atomic mass is 28.2. The second-order valence-corrected chi connectivity index (χ2v) is 11.3. The molecule has 1 aliphatic carbocycles. The maximum atomic E-state index is 4.22. The normalized spacial score (nSPS) is 12.9. The second kappa shape index (κ2) is 12.3. The van der Waals surface area contributed by atoms with E-state index in [2.05, 4.69) is 131 Å². The highest BCUT2D eigenvalue weighted by Crippen LogP contribution is 2.38. The van der Waals surface area contributed by atoms with E-state index in [0.29, 0.717) is 12.3 Å². The molecule has 0 atom stereocenters. The molecule has 1 aliphatic rings. The van der Waals surface area contributed by atoms with Gasteiger partial charge in [-0.25, -0.2) is 4.98 Å². The van der Waals surface area contributed by atoms with E-state index < -0.39 is 0 Å². The number of benzene rings is 4. The molecule has 5 heteroatoms. The van der Waals surface area contributed by atoms with E-state index in [9.17, 15) is 0 Å². The molecule has 0 amide bonds. The monoisotopic (exact) mass is 485 g/mol.